The van der Waals surface area contributed by atoms with Crippen molar-refractivity contribution in [3.8, 4) is 0 Å². The van der Waals surface area contributed by atoms with Crippen molar-refractivity contribution in [2.24, 2.45) is 0 Å². The topological polar surface area (TPSA) is 95.9 Å². The highest BCUT2D eigenvalue weighted by Gasteiger charge is 2.24. The van der Waals surface area contributed by atoms with Crippen LogP contribution in [0.1, 0.15) is 226 Å². The third-order valence-corrected chi connectivity index (χ3v) is 10.9. The minimum atomic E-state index is -0.801. The minimum Gasteiger partial charge on any atom is -0.462 e. The molecule has 0 rings (SSSR count). The second-order valence-electron chi connectivity index (χ2n) is 16.6. The Morgan fingerprint density at radius 1 is 0.508 bits per heavy atom. The zero-order valence-corrected chi connectivity index (χ0v) is 38.6. The van der Waals surface area contributed by atoms with E-state index in [4.69, 9.17) is 4.74 Å². The molecule has 0 aliphatic heterocycles. The zero-order chi connectivity index (χ0) is 43.1. The van der Waals surface area contributed by atoms with E-state index >= 15 is 0 Å². The van der Waals surface area contributed by atoms with Crippen molar-refractivity contribution in [1.82, 2.24) is 5.32 Å². The van der Waals surface area contributed by atoms with Gasteiger partial charge in [-0.25, -0.2) is 0 Å². The van der Waals surface area contributed by atoms with Gasteiger partial charge in [0.05, 0.1) is 25.2 Å². The van der Waals surface area contributed by atoms with Crippen LogP contribution < -0.4 is 5.32 Å². The number of unbranched alkanes of at least 4 members (excludes halogenated alkanes) is 23. The van der Waals surface area contributed by atoms with E-state index in [1.165, 1.54) is 96.3 Å². The Labute approximate surface area is 364 Å². The number of ether oxygens (including phenoxy) is 1. The normalized spacial score (nSPS) is 13.9. The number of allylic oxidation sites excluding steroid dienone is 12. The third-order valence-electron chi connectivity index (χ3n) is 10.9. The fourth-order valence-corrected chi connectivity index (χ4v) is 7.19. The number of aliphatic hydroxyl groups excluding tert-OH is 2. The van der Waals surface area contributed by atoms with Gasteiger partial charge >= 0.3 is 5.97 Å². The molecule has 0 aromatic carbocycles. The molecule has 0 aliphatic rings. The molecule has 3 unspecified atom stereocenters. The Balaban J connectivity index is 4.59. The number of rotatable bonds is 43. The van der Waals surface area contributed by atoms with Gasteiger partial charge in [0.15, 0.2) is 0 Å². The number of nitrogens with one attached hydrogen (secondary N) is 1. The predicted octanol–water partition coefficient (Wildman–Crippen LogP) is 14.6. The van der Waals surface area contributed by atoms with Crippen molar-refractivity contribution < 1.29 is 24.5 Å². The standard InChI is InChI=1S/C53H93NO5/c1-4-7-10-13-16-19-22-24-26-28-31-34-37-40-43-46-53(58)59-49(44-41-38-35-32-29-21-18-15-12-9-6-3)47-52(57)54-50(48-55)51(56)45-42-39-36-33-30-27-25-23-20-17-14-11-8-5-2/h7,9-10,12-13,15-16,18-19,21-22,29,49-51,55-56H,4-6,8,11,14,17,20,23-28,30-48H2,1-3H3,(H,54,57)/b10-7+,12-9+,16-13+,18-15+,22-19+,29-21-. The van der Waals surface area contributed by atoms with Gasteiger partial charge < -0.3 is 20.3 Å². The van der Waals surface area contributed by atoms with Crippen molar-refractivity contribution >= 4 is 11.9 Å². The summed E-state index contributed by atoms with van der Waals surface area (Å²) in [5.74, 6) is -0.526. The summed E-state index contributed by atoms with van der Waals surface area (Å²) in [6.07, 6.45) is 58.2. The summed E-state index contributed by atoms with van der Waals surface area (Å²) < 4.78 is 5.90. The molecule has 340 valence electrons. The number of hydrogen-bond donors (Lipinski definition) is 3. The molecule has 0 heterocycles. The predicted molar refractivity (Wildman–Crippen MR) is 255 cm³/mol. The molecule has 0 aromatic heterocycles. The third kappa shape index (κ3) is 41.8. The molecule has 3 N–H and O–H groups in total. The van der Waals surface area contributed by atoms with Gasteiger partial charge in [-0.1, -0.05) is 222 Å². The van der Waals surface area contributed by atoms with Gasteiger partial charge in [0.25, 0.3) is 0 Å². The number of amides is 1. The first-order valence-electron chi connectivity index (χ1n) is 24.7. The SMILES string of the molecule is CC/C=C/C=C/C=C\CCCCCC(CC(=O)NC(CO)C(O)CCCCCCCCCCCCCCCC)OC(=O)CCCCCCCCC/C=C/C=C/C=C/CC. The van der Waals surface area contributed by atoms with E-state index in [-0.39, 0.29) is 24.9 Å². The van der Waals surface area contributed by atoms with E-state index in [0.717, 1.165) is 83.5 Å². The van der Waals surface area contributed by atoms with E-state index < -0.39 is 18.2 Å². The molecule has 1 amide bonds. The van der Waals surface area contributed by atoms with Gasteiger partial charge in [-0.15, -0.1) is 0 Å². The van der Waals surface area contributed by atoms with Crippen LogP contribution in [0.2, 0.25) is 0 Å². The molecular weight excluding hydrogens is 731 g/mol. The molecule has 0 spiro atoms. The molecule has 0 bridgehead atoms. The Kier molecular flexibility index (Phi) is 44.2. The summed E-state index contributed by atoms with van der Waals surface area (Å²) in [6.45, 7) is 6.20. The summed E-state index contributed by atoms with van der Waals surface area (Å²) in [7, 11) is 0. The summed E-state index contributed by atoms with van der Waals surface area (Å²) in [4.78, 5) is 26.1. The highest BCUT2D eigenvalue weighted by atomic mass is 16.5. The summed E-state index contributed by atoms with van der Waals surface area (Å²) in [6, 6.07) is -0.717. The Hall–Kier alpha value is -2.70. The largest absolute Gasteiger partial charge is 0.462 e. The van der Waals surface area contributed by atoms with Crippen LogP contribution in [0.3, 0.4) is 0 Å². The minimum absolute atomic E-state index is 0.0468. The second-order valence-corrected chi connectivity index (χ2v) is 16.6. The van der Waals surface area contributed by atoms with Crippen molar-refractivity contribution in [1.29, 1.82) is 0 Å². The number of carbonyl (C=O) groups excluding carboxylic acids is 2. The smallest absolute Gasteiger partial charge is 0.306 e. The van der Waals surface area contributed by atoms with Gasteiger partial charge in [-0.05, 0) is 64.2 Å². The number of aliphatic hydroxyl groups is 2. The fraction of sp³-hybridized carbons (Fsp3) is 0.736. The molecular formula is C53H93NO5. The van der Waals surface area contributed by atoms with Crippen LogP contribution in [0.5, 0.6) is 0 Å². The molecule has 3 atom stereocenters. The van der Waals surface area contributed by atoms with Crippen LogP contribution in [-0.2, 0) is 14.3 Å². The second kappa shape index (κ2) is 46.4. The lowest BCUT2D eigenvalue weighted by Gasteiger charge is -2.24. The molecule has 6 heteroatoms. The van der Waals surface area contributed by atoms with Crippen LogP contribution in [0, 0.1) is 0 Å². The highest BCUT2D eigenvalue weighted by Crippen LogP contribution is 2.17. The van der Waals surface area contributed by atoms with Gasteiger partial charge in [0.2, 0.25) is 5.91 Å². The van der Waals surface area contributed by atoms with Gasteiger partial charge in [-0.3, -0.25) is 9.59 Å². The maximum Gasteiger partial charge on any atom is 0.306 e. The van der Waals surface area contributed by atoms with E-state index in [0.29, 0.717) is 19.3 Å². The molecule has 0 aromatic rings. The summed E-state index contributed by atoms with van der Waals surface area (Å²) in [5, 5.41) is 23.7. The first-order valence-corrected chi connectivity index (χ1v) is 24.7. The molecule has 0 radical (unpaired) electrons. The van der Waals surface area contributed by atoms with E-state index in [1.54, 1.807) is 0 Å². The lowest BCUT2D eigenvalue weighted by molar-refractivity contribution is -0.151. The van der Waals surface area contributed by atoms with Crippen molar-refractivity contribution in [2.75, 3.05) is 6.61 Å². The van der Waals surface area contributed by atoms with Gasteiger partial charge in [0.1, 0.15) is 6.10 Å². The Morgan fingerprint density at radius 2 is 0.915 bits per heavy atom. The van der Waals surface area contributed by atoms with Crippen molar-refractivity contribution in [3.63, 3.8) is 0 Å². The van der Waals surface area contributed by atoms with Crippen molar-refractivity contribution in [3.05, 3.63) is 72.9 Å². The van der Waals surface area contributed by atoms with Crippen LogP contribution in [0.4, 0.5) is 0 Å². The summed E-state index contributed by atoms with van der Waals surface area (Å²) >= 11 is 0. The first kappa shape index (κ1) is 56.3. The maximum absolute atomic E-state index is 13.2. The quantitative estimate of drug-likeness (QED) is 0.0323. The molecule has 0 fully saturated rings. The Morgan fingerprint density at radius 3 is 1.39 bits per heavy atom. The van der Waals surface area contributed by atoms with Crippen LogP contribution in [0.25, 0.3) is 0 Å². The average Bonchev–Trinajstić information content (AvgIpc) is 3.23. The first-order chi connectivity index (χ1) is 29.0. The van der Waals surface area contributed by atoms with E-state index in [9.17, 15) is 19.8 Å². The van der Waals surface area contributed by atoms with Gasteiger partial charge in [-0.2, -0.15) is 0 Å². The lowest BCUT2D eigenvalue weighted by atomic mass is 10.0. The molecule has 59 heavy (non-hydrogen) atoms. The highest BCUT2D eigenvalue weighted by molar-refractivity contribution is 5.77. The molecule has 0 saturated carbocycles. The van der Waals surface area contributed by atoms with Crippen LogP contribution >= 0.6 is 0 Å². The fourth-order valence-electron chi connectivity index (χ4n) is 7.19. The molecule has 6 nitrogen and oxygen atoms in total. The maximum atomic E-state index is 13.2. The van der Waals surface area contributed by atoms with Gasteiger partial charge in [0, 0.05) is 6.42 Å². The van der Waals surface area contributed by atoms with E-state index in [2.05, 4.69) is 86.8 Å². The monoisotopic (exact) mass is 824 g/mol. The molecule has 0 saturated heterocycles. The lowest BCUT2D eigenvalue weighted by Crippen LogP contribution is -2.46. The Bertz CT molecular complexity index is 1110. The zero-order valence-electron chi connectivity index (χ0n) is 38.6. The molecule has 0 aliphatic carbocycles. The van der Waals surface area contributed by atoms with Crippen LogP contribution in [0.15, 0.2) is 72.9 Å². The number of esters is 1. The average molecular weight is 824 g/mol. The number of carbonyl (C=O) groups is 2. The van der Waals surface area contributed by atoms with Crippen molar-refractivity contribution in [2.45, 2.75) is 244 Å². The van der Waals surface area contributed by atoms with E-state index in [1.807, 2.05) is 12.2 Å². The number of hydrogen-bond acceptors (Lipinski definition) is 5. The summed E-state index contributed by atoms with van der Waals surface area (Å²) in [5.41, 5.74) is 0. The van der Waals surface area contributed by atoms with Crippen LogP contribution in [-0.4, -0.2) is 46.9 Å².